The maximum absolute atomic E-state index is 4.83. The molecular formula is C29H18N6. The summed E-state index contributed by atoms with van der Waals surface area (Å²) in [5.74, 6) is 0.906. The monoisotopic (exact) mass is 450 g/mol. The van der Waals surface area contributed by atoms with Crippen LogP contribution in [0.25, 0.3) is 60.6 Å². The third-order valence-electron chi connectivity index (χ3n) is 6.86. The molecule has 0 atom stereocenters. The van der Waals surface area contributed by atoms with Crippen LogP contribution in [-0.4, -0.2) is 28.9 Å². The van der Waals surface area contributed by atoms with Gasteiger partial charge in [-0.1, -0.05) is 48.5 Å². The number of hydrogen-bond donors (Lipinski definition) is 0. The Balaban J connectivity index is 1.47. The van der Waals surface area contributed by atoms with E-state index in [-0.39, 0.29) is 0 Å². The van der Waals surface area contributed by atoms with Crippen molar-refractivity contribution < 1.29 is 0 Å². The van der Waals surface area contributed by atoms with Gasteiger partial charge in [0.2, 0.25) is 0 Å². The molecule has 0 spiro atoms. The molecule has 0 saturated heterocycles. The van der Waals surface area contributed by atoms with Crippen LogP contribution >= 0.6 is 0 Å². The number of nitrogens with zero attached hydrogens (tertiary/aromatic N) is 6. The van der Waals surface area contributed by atoms with Crippen LogP contribution in [0.15, 0.2) is 110 Å². The molecule has 0 unspecified atom stereocenters. The lowest BCUT2D eigenvalue weighted by atomic mass is 10.1. The van der Waals surface area contributed by atoms with Crippen molar-refractivity contribution in [1.29, 1.82) is 0 Å². The molecule has 5 aromatic heterocycles. The molecule has 0 aliphatic rings. The summed E-state index contributed by atoms with van der Waals surface area (Å²) in [5.41, 5.74) is 6.37. The summed E-state index contributed by atoms with van der Waals surface area (Å²) in [6.07, 6.45) is 5.58. The van der Waals surface area contributed by atoms with Crippen LogP contribution in [0.3, 0.4) is 0 Å². The molecule has 3 aromatic carbocycles. The lowest BCUT2D eigenvalue weighted by Crippen LogP contribution is -1.99. The Kier molecular flexibility index (Phi) is 3.57. The van der Waals surface area contributed by atoms with Crippen molar-refractivity contribution in [1.82, 2.24) is 28.9 Å². The van der Waals surface area contributed by atoms with E-state index in [4.69, 9.17) is 5.10 Å². The Hall–Kier alpha value is -4.97. The van der Waals surface area contributed by atoms with Crippen LogP contribution in [0.2, 0.25) is 0 Å². The van der Waals surface area contributed by atoms with Crippen molar-refractivity contribution in [3.8, 4) is 11.5 Å². The van der Waals surface area contributed by atoms with Gasteiger partial charge in [-0.15, -0.1) is 0 Å². The zero-order valence-corrected chi connectivity index (χ0v) is 18.6. The molecule has 6 nitrogen and oxygen atoms in total. The normalized spacial score (nSPS) is 12.0. The van der Waals surface area contributed by atoms with Gasteiger partial charge in [-0.3, -0.25) is 4.57 Å². The SMILES string of the molecule is c1ccc(-n2c3ccccc3c3cc(-n4ncc5c4c4ccccc4c4ccnn45)ccc32)nc1. The number of para-hydroxylation sites is 1. The summed E-state index contributed by atoms with van der Waals surface area (Å²) in [5, 5.41) is 14.1. The van der Waals surface area contributed by atoms with E-state index in [0.717, 1.165) is 55.2 Å². The molecule has 0 N–H and O–H groups in total. The van der Waals surface area contributed by atoms with E-state index < -0.39 is 0 Å². The van der Waals surface area contributed by atoms with Crippen LogP contribution in [0.1, 0.15) is 0 Å². The molecule has 0 aliphatic heterocycles. The Labute approximate surface area is 199 Å². The number of rotatable bonds is 2. The largest absolute Gasteiger partial charge is 0.294 e. The standard InChI is InChI=1S/C29H18N6/c1-2-9-22-20(7-1)26-14-16-31-35(26)27-18-32-34(29(22)27)19-12-13-25-23(17-19)21-8-3-4-10-24(21)33(25)28-11-5-6-15-30-28/h1-18H. The zero-order chi connectivity index (χ0) is 22.9. The molecule has 6 heteroatoms. The number of pyridine rings is 2. The molecule has 164 valence electrons. The van der Waals surface area contributed by atoms with Gasteiger partial charge in [0, 0.05) is 27.7 Å². The summed E-state index contributed by atoms with van der Waals surface area (Å²) < 4.78 is 6.23. The fraction of sp³-hybridized carbons (Fsp3) is 0. The Morgan fingerprint density at radius 1 is 0.543 bits per heavy atom. The molecule has 35 heavy (non-hydrogen) atoms. The predicted molar refractivity (Wildman–Crippen MR) is 139 cm³/mol. The van der Waals surface area contributed by atoms with Crippen LogP contribution in [0.4, 0.5) is 0 Å². The number of hydrogen-bond acceptors (Lipinski definition) is 3. The van der Waals surface area contributed by atoms with Crippen molar-refractivity contribution in [3.05, 3.63) is 110 Å². The molecule has 0 bridgehead atoms. The summed E-state index contributed by atoms with van der Waals surface area (Å²) in [7, 11) is 0. The van der Waals surface area contributed by atoms with Gasteiger partial charge in [0.05, 0.1) is 34.6 Å². The predicted octanol–water partition coefficient (Wildman–Crippen LogP) is 6.32. The molecule has 0 amide bonds. The topological polar surface area (TPSA) is 52.9 Å². The second kappa shape index (κ2) is 6.77. The maximum atomic E-state index is 4.83. The average Bonchev–Trinajstić information content (AvgIpc) is 3.64. The Bertz CT molecular complexity index is 2060. The van der Waals surface area contributed by atoms with Gasteiger partial charge < -0.3 is 0 Å². The second-order valence-electron chi connectivity index (χ2n) is 8.71. The Morgan fingerprint density at radius 3 is 2.17 bits per heavy atom. The summed E-state index contributed by atoms with van der Waals surface area (Å²) in [4.78, 5) is 4.63. The van der Waals surface area contributed by atoms with Gasteiger partial charge in [0.15, 0.2) is 0 Å². The minimum Gasteiger partial charge on any atom is -0.294 e. The molecule has 8 rings (SSSR count). The first kappa shape index (κ1) is 18.5. The van der Waals surface area contributed by atoms with Gasteiger partial charge in [0.25, 0.3) is 0 Å². The van der Waals surface area contributed by atoms with Gasteiger partial charge in [0.1, 0.15) is 16.9 Å². The lowest BCUT2D eigenvalue weighted by Gasteiger charge is -2.09. The van der Waals surface area contributed by atoms with E-state index in [2.05, 4.69) is 87.4 Å². The zero-order valence-electron chi connectivity index (χ0n) is 18.6. The van der Waals surface area contributed by atoms with Gasteiger partial charge >= 0.3 is 0 Å². The first-order valence-corrected chi connectivity index (χ1v) is 11.6. The Morgan fingerprint density at radius 2 is 1.31 bits per heavy atom. The van der Waals surface area contributed by atoms with E-state index in [0.29, 0.717) is 0 Å². The van der Waals surface area contributed by atoms with Crippen molar-refractivity contribution in [2.75, 3.05) is 0 Å². The van der Waals surface area contributed by atoms with E-state index in [1.165, 1.54) is 5.39 Å². The third kappa shape index (κ3) is 2.45. The number of aromatic nitrogens is 6. The molecule has 0 aliphatic carbocycles. The molecule has 5 heterocycles. The summed E-state index contributed by atoms with van der Waals surface area (Å²) in [6.45, 7) is 0. The van der Waals surface area contributed by atoms with Crippen molar-refractivity contribution >= 4 is 49.1 Å². The fourth-order valence-electron chi connectivity index (χ4n) is 5.38. The van der Waals surface area contributed by atoms with E-state index in [1.54, 1.807) is 0 Å². The second-order valence-corrected chi connectivity index (χ2v) is 8.71. The van der Waals surface area contributed by atoms with Crippen molar-refractivity contribution in [2.45, 2.75) is 0 Å². The minimum atomic E-state index is 0.906. The highest BCUT2D eigenvalue weighted by atomic mass is 15.3. The average molecular weight is 451 g/mol. The smallest absolute Gasteiger partial charge is 0.137 e. The highest BCUT2D eigenvalue weighted by molar-refractivity contribution is 6.12. The van der Waals surface area contributed by atoms with Gasteiger partial charge in [-0.2, -0.15) is 10.2 Å². The number of benzene rings is 3. The number of fused-ring (bicyclic) bond motifs is 9. The van der Waals surface area contributed by atoms with E-state index in [1.807, 2.05) is 46.0 Å². The van der Waals surface area contributed by atoms with E-state index in [9.17, 15) is 0 Å². The first-order chi connectivity index (χ1) is 17.4. The highest BCUT2D eigenvalue weighted by Gasteiger charge is 2.17. The van der Waals surface area contributed by atoms with Crippen molar-refractivity contribution in [3.63, 3.8) is 0 Å². The summed E-state index contributed by atoms with van der Waals surface area (Å²) >= 11 is 0. The molecular weight excluding hydrogens is 432 g/mol. The maximum Gasteiger partial charge on any atom is 0.137 e. The van der Waals surface area contributed by atoms with Crippen LogP contribution in [-0.2, 0) is 0 Å². The van der Waals surface area contributed by atoms with Crippen LogP contribution in [0.5, 0.6) is 0 Å². The van der Waals surface area contributed by atoms with E-state index >= 15 is 0 Å². The molecule has 8 aromatic rings. The van der Waals surface area contributed by atoms with Crippen LogP contribution < -0.4 is 0 Å². The van der Waals surface area contributed by atoms with Gasteiger partial charge in [-0.25, -0.2) is 14.2 Å². The van der Waals surface area contributed by atoms with Gasteiger partial charge in [-0.05, 0) is 42.5 Å². The molecule has 0 fully saturated rings. The fourth-order valence-corrected chi connectivity index (χ4v) is 5.38. The molecule has 0 radical (unpaired) electrons. The first-order valence-electron chi connectivity index (χ1n) is 11.6. The van der Waals surface area contributed by atoms with Crippen molar-refractivity contribution in [2.24, 2.45) is 0 Å². The van der Waals surface area contributed by atoms with Crippen LogP contribution in [0, 0.1) is 0 Å². The lowest BCUT2D eigenvalue weighted by molar-refractivity contribution is 0.915. The molecule has 0 saturated carbocycles. The highest BCUT2D eigenvalue weighted by Crippen LogP contribution is 2.35. The summed E-state index contributed by atoms with van der Waals surface area (Å²) in [6, 6.07) is 31.5. The third-order valence-corrected chi connectivity index (χ3v) is 6.86. The quantitative estimate of drug-likeness (QED) is 0.310. The minimum absolute atomic E-state index is 0.906.